The Morgan fingerprint density at radius 2 is 2.00 bits per heavy atom. The summed E-state index contributed by atoms with van der Waals surface area (Å²) in [5.74, 6) is -0.471. The lowest BCUT2D eigenvalue weighted by Gasteiger charge is -2.12. The van der Waals surface area contributed by atoms with Crippen molar-refractivity contribution < 1.29 is 9.72 Å². The van der Waals surface area contributed by atoms with Gasteiger partial charge in [0.1, 0.15) is 6.54 Å². The second kappa shape index (κ2) is 6.62. The van der Waals surface area contributed by atoms with Crippen molar-refractivity contribution in [3.05, 3.63) is 67.1 Å². The highest BCUT2D eigenvalue weighted by molar-refractivity contribution is 6.31. The Morgan fingerprint density at radius 3 is 2.65 bits per heavy atom. The minimum Gasteiger partial charge on any atom is -0.324 e. The van der Waals surface area contributed by atoms with Crippen molar-refractivity contribution in [3.63, 3.8) is 0 Å². The van der Waals surface area contributed by atoms with E-state index in [9.17, 15) is 19.7 Å². The molecule has 0 saturated carbocycles. The van der Waals surface area contributed by atoms with Crippen molar-refractivity contribution in [2.24, 2.45) is 0 Å². The Bertz CT molecular complexity index is 845. The van der Waals surface area contributed by atoms with Crippen LogP contribution in [0.5, 0.6) is 0 Å². The van der Waals surface area contributed by atoms with E-state index in [0.717, 1.165) is 22.3 Å². The molecule has 120 valence electrons. The molecule has 0 aliphatic rings. The minimum atomic E-state index is -0.593. The normalized spacial score (nSPS) is 10.4. The summed E-state index contributed by atoms with van der Waals surface area (Å²) in [5.41, 5.74) is 0.771. The summed E-state index contributed by atoms with van der Waals surface area (Å²) in [5, 5.41) is 14.0. The number of amides is 1. The third-order valence-corrected chi connectivity index (χ3v) is 3.63. The van der Waals surface area contributed by atoms with Crippen molar-refractivity contribution in [1.29, 1.82) is 0 Å². The van der Waals surface area contributed by atoms with E-state index in [0.29, 0.717) is 10.7 Å². The lowest BCUT2D eigenvalue weighted by Crippen LogP contribution is -2.29. The van der Waals surface area contributed by atoms with Gasteiger partial charge < -0.3 is 5.32 Å². The first kappa shape index (κ1) is 16.7. The molecule has 0 aliphatic carbocycles. The Kier molecular flexibility index (Phi) is 4.80. The summed E-state index contributed by atoms with van der Waals surface area (Å²) in [6.45, 7) is 2.91. The van der Waals surface area contributed by atoms with E-state index in [2.05, 4.69) is 5.32 Å². The zero-order valence-corrected chi connectivity index (χ0v) is 13.3. The summed E-state index contributed by atoms with van der Waals surface area (Å²) in [6.07, 6.45) is 0. The monoisotopic (exact) mass is 335 g/mol. The highest BCUT2D eigenvalue weighted by Crippen LogP contribution is 2.20. The zero-order valence-electron chi connectivity index (χ0n) is 12.5. The number of halogens is 1. The summed E-state index contributed by atoms with van der Waals surface area (Å²) in [6, 6.07) is 7.25. The molecule has 1 heterocycles. The number of carbonyl (C=O) groups is 1. The first-order valence-electron chi connectivity index (χ1n) is 6.70. The molecular weight excluding hydrogens is 322 g/mol. The van der Waals surface area contributed by atoms with E-state index >= 15 is 0 Å². The smallest absolute Gasteiger partial charge is 0.288 e. The predicted molar refractivity (Wildman–Crippen MR) is 86.9 cm³/mol. The van der Waals surface area contributed by atoms with Crippen LogP contribution in [0, 0.1) is 24.0 Å². The lowest BCUT2D eigenvalue weighted by atomic mass is 10.2. The number of aryl methyl sites for hydroxylation is 1. The van der Waals surface area contributed by atoms with Gasteiger partial charge in [-0.15, -0.1) is 0 Å². The average molecular weight is 336 g/mol. The largest absolute Gasteiger partial charge is 0.324 e. The van der Waals surface area contributed by atoms with Crippen LogP contribution in [-0.2, 0) is 11.3 Å². The van der Waals surface area contributed by atoms with Crippen molar-refractivity contribution in [1.82, 2.24) is 4.57 Å². The van der Waals surface area contributed by atoms with Gasteiger partial charge >= 0.3 is 0 Å². The maximum atomic E-state index is 12.1. The molecule has 1 N–H and O–H groups in total. The number of carbonyl (C=O) groups excluding carboxylic acids is 1. The van der Waals surface area contributed by atoms with Gasteiger partial charge in [-0.25, -0.2) is 0 Å². The van der Waals surface area contributed by atoms with Crippen LogP contribution >= 0.6 is 11.6 Å². The number of hydrogen-bond donors (Lipinski definition) is 1. The van der Waals surface area contributed by atoms with Crippen LogP contribution in [0.2, 0.25) is 5.02 Å². The van der Waals surface area contributed by atoms with Gasteiger partial charge in [0.15, 0.2) is 0 Å². The molecule has 0 atom stereocenters. The highest BCUT2D eigenvalue weighted by Gasteiger charge is 2.17. The van der Waals surface area contributed by atoms with Crippen LogP contribution in [0.25, 0.3) is 0 Å². The number of hydrogen-bond acceptors (Lipinski definition) is 4. The van der Waals surface area contributed by atoms with E-state index in [-0.39, 0.29) is 17.9 Å². The van der Waals surface area contributed by atoms with Gasteiger partial charge in [-0.05, 0) is 31.5 Å². The van der Waals surface area contributed by atoms with Gasteiger partial charge in [0.05, 0.1) is 10.6 Å². The van der Waals surface area contributed by atoms with Crippen molar-refractivity contribution in [2.75, 3.05) is 5.32 Å². The first-order valence-corrected chi connectivity index (χ1v) is 7.08. The number of aromatic nitrogens is 1. The summed E-state index contributed by atoms with van der Waals surface area (Å²) in [4.78, 5) is 34.3. The Hall–Kier alpha value is -2.67. The molecule has 2 aromatic rings. The molecule has 0 spiro atoms. The number of rotatable bonds is 4. The van der Waals surface area contributed by atoms with Crippen molar-refractivity contribution >= 4 is 28.9 Å². The molecule has 1 amide bonds. The molecular formula is C15H14ClN3O4. The van der Waals surface area contributed by atoms with Gasteiger partial charge in [0.2, 0.25) is 5.91 Å². The molecule has 1 aromatic heterocycles. The van der Waals surface area contributed by atoms with E-state index in [1.165, 1.54) is 6.92 Å². The van der Waals surface area contributed by atoms with Gasteiger partial charge in [0, 0.05) is 22.8 Å². The highest BCUT2D eigenvalue weighted by atomic mass is 35.5. The maximum Gasteiger partial charge on any atom is 0.288 e. The Labute approximate surface area is 136 Å². The van der Waals surface area contributed by atoms with Crippen LogP contribution in [0.4, 0.5) is 11.4 Å². The fourth-order valence-electron chi connectivity index (χ4n) is 2.12. The molecule has 23 heavy (non-hydrogen) atoms. The number of nitrogens with zero attached hydrogens (tertiary/aromatic N) is 2. The molecule has 7 nitrogen and oxygen atoms in total. The van der Waals surface area contributed by atoms with E-state index < -0.39 is 16.4 Å². The van der Waals surface area contributed by atoms with Crippen molar-refractivity contribution in [3.8, 4) is 0 Å². The molecule has 1 aromatic carbocycles. The Balaban J connectivity index is 2.27. The van der Waals surface area contributed by atoms with Crippen LogP contribution < -0.4 is 10.9 Å². The molecule has 0 radical (unpaired) electrons. The average Bonchev–Trinajstić information content (AvgIpc) is 2.47. The zero-order chi connectivity index (χ0) is 17.1. The molecule has 0 aliphatic heterocycles. The number of benzene rings is 1. The molecule has 0 fully saturated rings. The second-order valence-electron chi connectivity index (χ2n) is 4.99. The third-order valence-electron chi connectivity index (χ3n) is 3.40. The number of nitro groups is 1. The maximum absolute atomic E-state index is 12.1. The van der Waals surface area contributed by atoms with E-state index in [1.54, 1.807) is 25.1 Å². The van der Waals surface area contributed by atoms with Gasteiger partial charge in [-0.3, -0.25) is 24.3 Å². The second-order valence-corrected chi connectivity index (χ2v) is 5.43. The predicted octanol–water partition coefficient (Wildman–Crippen LogP) is 2.67. The molecule has 8 heteroatoms. The minimum absolute atomic E-state index is 0.125. The first-order chi connectivity index (χ1) is 10.8. The molecule has 2 rings (SSSR count). The van der Waals surface area contributed by atoms with Crippen LogP contribution in [0.1, 0.15) is 11.3 Å². The Morgan fingerprint density at radius 1 is 1.30 bits per heavy atom. The van der Waals surface area contributed by atoms with Gasteiger partial charge in [-0.1, -0.05) is 17.7 Å². The van der Waals surface area contributed by atoms with E-state index in [4.69, 9.17) is 11.6 Å². The molecule has 0 unspecified atom stereocenters. The summed E-state index contributed by atoms with van der Waals surface area (Å²) in [7, 11) is 0. The van der Waals surface area contributed by atoms with Crippen LogP contribution in [0.3, 0.4) is 0 Å². The fraction of sp³-hybridized carbons (Fsp3) is 0.200. The standard InChI is InChI=1S/C15H14ClN3O4/c1-9-3-4-11(16)7-12(9)17-14(20)8-18-10(2)13(19(22)23)5-6-15(18)21/h3-7H,8H2,1-2H3,(H,17,20). The number of pyridine rings is 1. The lowest BCUT2D eigenvalue weighted by molar-refractivity contribution is -0.386. The molecule has 0 saturated heterocycles. The SMILES string of the molecule is Cc1ccc(Cl)cc1NC(=O)Cn1c(C)c([N+](=O)[O-])ccc1=O. The fourth-order valence-corrected chi connectivity index (χ4v) is 2.29. The number of anilines is 1. The topological polar surface area (TPSA) is 94.2 Å². The molecule has 0 bridgehead atoms. The summed E-state index contributed by atoms with van der Waals surface area (Å²) >= 11 is 5.89. The van der Waals surface area contributed by atoms with Gasteiger partial charge in [-0.2, -0.15) is 0 Å². The quantitative estimate of drug-likeness (QED) is 0.686. The van der Waals surface area contributed by atoms with E-state index in [1.807, 2.05) is 0 Å². The van der Waals surface area contributed by atoms with Crippen molar-refractivity contribution in [2.45, 2.75) is 20.4 Å². The summed E-state index contributed by atoms with van der Waals surface area (Å²) < 4.78 is 1.06. The third kappa shape index (κ3) is 3.75. The van der Waals surface area contributed by atoms with Crippen LogP contribution in [0.15, 0.2) is 35.1 Å². The number of nitrogens with one attached hydrogen (secondary N) is 1. The van der Waals surface area contributed by atoms with Gasteiger partial charge in [0.25, 0.3) is 11.2 Å². The van der Waals surface area contributed by atoms with Crippen LogP contribution in [-0.4, -0.2) is 15.4 Å².